The van der Waals surface area contributed by atoms with Crippen molar-refractivity contribution in [2.75, 3.05) is 20.2 Å². The Morgan fingerprint density at radius 2 is 1.96 bits per heavy atom. The highest BCUT2D eigenvalue weighted by Crippen LogP contribution is 2.27. The molecule has 1 aromatic carbocycles. The SMILES string of the molecule is CCn1nnc2c1CCN(C)C2COCc1ccccc1.O=C(O)C(F)(F)F. The second-order valence-electron chi connectivity index (χ2n) is 6.29. The number of aryl methyl sites for hydroxylation is 1. The Kier molecular flexibility index (Phi) is 7.53. The van der Waals surface area contributed by atoms with Gasteiger partial charge in [0.1, 0.15) is 5.69 Å². The van der Waals surface area contributed by atoms with E-state index in [2.05, 4.69) is 41.3 Å². The van der Waals surface area contributed by atoms with Crippen molar-refractivity contribution >= 4 is 5.97 Å². The smallest absolute Gasteiger partial charge is 0.475 e. The predicted octanol–water partition coefficient (Wildman–Crippen LogP) is 2.68. The Morgan fingerprint density at radius 1 is 1.32 bits per heavy atom. The zero-order valence-electron chi connectivity index (χ0n) is 15.7. The van der Waals surface area contributed by atoms with Gasteiger partial charge in [-0.15, -0.1) is 5.10 Å². The average molecular weight is 400 g/mol. The van der Waals surface area contributed by atoms with Crippen molar-refractivity contribution in [1.82, 2.24) is 19.9 Å². The molecule has 0 bridgehead atoms. The van der Waals surface area contributed by atoms with Crippen LogP contribution in [0.15, 0.2) is 30.3 Å². The lowest BCUT2D eigenvalue weighted by molar-refractivity contribution is -0.192. The summed E-state index contributed by atoms with van der Waals surface area (Å²) < 4.78 is 39.7. The van der Waals surface area contributed by atoms with E-state index in [0.29, 0.717) is 13.2 Å². The van der Waals surface area contributed by atoms with E-state index in [1.807, 2.05) is 22.9 Å². The van der Waals surface area contributed by atoms with Gasteiger partial charge in [-0.25, -0.2) is 9.48 Å². The number of halogens is 3. The molecule has 28 heavy (non-hydrogen) atoms. The lowest BCUT2D eigenvalue weighted by Gasteiger charge is -2.31. The number of benzene rings is 1. The second-order valence-corrected chi connectivity index (χ2v) is 6.29. The number of carbonyl (C=O) groups is 1. The number of ether oxygens (including phenoxy) is 1. The largest absolute Gasteiger partial charge is 0.490 e. The van der Waals surface area contributed by atoms with Crippen LogP contribution >= 0.6 is 0 Å². The highest BCUT2D eigenvalue weighted by atomic mass is 19.4. The monoisotopic (exact) mass is 400 g/mol. The molecule has 0 aliphatic carbocycles. The number of hydrogen-bond acceptors (Lipinski definition) is 5. The Morgan fingerprint density at radius 3 is 2.54 bits per heavy atom. The van der Waals surface area contributed by atoms with Crippen LogP contribution in [0.1, 0.15) is 29.9 Å². The van der Waals surface area contributed by atoms with Crippen LogP contribution in [-0.2, 0) is 29.1 Å². The third-order valence-electron chi connectivity index (χ3n) is 4.35. The van der Waals surface area contributed by atoms with Gasteiger partial charge in [-0.05, 0) is 19.5 Å². The minimum absolute atomic E-state index is 0.206. The Bertz CT molecular complexity index is 765. The van der Waals surface area contributed by atoms with Crippen LogP contribution < -0.4 is 0 Å². The number of carboxylic acids is 1. The van der Waals surface area contributed by atoms with Gasteiger partial charge in [0.05, 0.1) is 24.9 Å². The molecule has 0 amide bonds. The fourth-order valence-corrected chi connectivity index (χ4v) is 2.83. The minimum atomic E-state index is -5.08. The summed E-state index contributed by atoms with van der Waals surface area (Å²) in [5.41, 5.74) is 3.55. The number of likely N-dealkylation sites (N-methyl/N-ethyl adjacent to an activating group) is 1. The Hall–Kier alpha value is -2.46. The zero-order chi connectivity index (χ0) is 20.7. The number of aromatic nitrogens is 3. The van der Waals surface area contributed by atoms with E-state index in [1.54, 1.807) is 0 Å². The molecule has 7 nitrogen and oxygen atoms in total. The van der Waals surface area contributed by atoms with E-state index in [1.165, 1.54) is 11.3 Å². The van der Waals surface area contributed by atoms with Crippen molar-refractivity contribution in [1.29, 1.82) is 0 Å². The summed E-state index contributed by atoms with van der Waals surface area (Å²) in [5, 5.41) is 15.8. The van der Waals surface area contributed by atoms with Crippen LogP contribution in [-0.4, -0.2) is 57.3 Å². The first kappa shape index (κ1) is 21.8. The molecule has 1 aliphatic rings. The molecule has 1 atom stereocenters. The Balaban J connectivity index is 0.000000345. The highest BCUT2D eigenvalue weighted by molar-refractivity contribution is 5.73. The molecule has 1 N–H and O–H groups in total. The number of alkyl halides is 3. The van der Waals surface area contributed by atoms with Crippen LogP contribution in [0.3, 0.4) is 0 Å². The van der Waals surface area contributed by atoms with E-state index in [9.17, 15) is 13.2 Å². The lowest BCUT2D eigenvalue weighted by atomic mass is 10.0. The molecule has 2 heterocycles. The molecule has 0 radical (unpaired) electrons. The summed E-state index contributed by atoms with van der Waals surface area (Å²) in [6.07, 6.45) is -4.07. The normalized spacial score (nSPS) is 16.8. The van der Waals surface area contributed by atoms with Crippen molar-refractivity contribution in [2.45, 2.75) is 38.7 Å². The fourth-order valence-electron chi connectivity index (χ4n) is 2.83. The van der Waals surface area contributed by atoms with E-state index >= 15 is 0 Å². The summed E-state index contributed by atoms with van der Waals surface area (Å²) in [5.74, 6) is -2.76. The maximum Gasteiger partial charge on any atom is 0.490 e. The third kappa shape index (κ3) is 5.77. The van der Waals surface area contributed by atoms with Gasteiger partial charge in [-0.3, -0.25) is 4.90 Å². The number of carboxylic acid groups (broad SMARTS) is 1. The van der Waals surface area contributed by atoms with Gasteiger partial charge in [-0.2, -0.15) is 13.2 Å². The molecule has 0 saturated carbocycles. The molecule has 1 aromatic heterocycles. The zero-order valence-corrected chi connectivity index (χ0v) is 15.7. The maximum atomic E-state index is 10.6. The summed E-state index contributed by atoms with van der Waals surface area (Å²) in [7, 11) is 2.13. The van der Waals surface area contributed by atoms with Crippen molar-refractivity contribution in [3.8, 4) is 0 Å². The molecule has 154 valence electrons. The first-order chi connectivity index (χ1) is 13.2. The number of nitrogens with zero attached hydrogens (tertiary/aromatic N) is 4. The third-order valence-corrected chi connectivity index (χ3v) is 4.35. The lowest BCUT2D eigenvalue weighted by Crippen LogP contribution is -2.35. The Labute approximate surface area is 160 Å². The van der Waals surface area contributed by atoms with Crippen molar-refractivity contribution in [2.24, 2.45) is 0 Å². The highest BCUT2D eigenvalue weighted by Gasteiger charge is 2.38. The van der Waals surface area contributed by atoms with Gasteiger partial charge in [0.25, 0.3) is 0 Å². The number of aliphatic carboxylic acids is 1. The van der Waals surface area contributed by atoms with Crippen molar-refractivity contribution in [3.63, 3.8) is 0 Å². The summed E-state index contributed by atoms with van der Waals surface area (Å²) in [6.45, 7) is 5.31. The summed E-state index contributed by atoms with van der Waals surface area (Å²) in [4.78, 5) is 11.2. The first-order valence-electron chi connectivity index (χ1n) is 8.78. The minimum Gasteiger partial charge on any atom is -0.475 e. The standard InChI is InChI=1S/C16H22N4O.C2HF3O2/c1-3-20-14-9-10-19(2)15(16(14)17-18-20)12-21-11-13-7-5-4-6-8-13;3-2(4,5)1(6)7/h4-8,15H,3,9-12H2,1-2H3;(H,6,7). The summed E-state index contributed by atoms with van der Waals surface area (Å²) in [6, 6.07) is 10.5. The van der Waals surface area contributed by atoms with Crippen LogP contribution in [0.2, 0.25) is 0 Å². The van der Waals surface area contributed by atoms with Crippen LogP contribution in [0, 0.1) is 0 Å². The molecular weight excluding hydrogens is 377 g/mol. The van der Waals surface area contributed by atoms with E-state index < -0.39 is 12.1 Å². The fraction of sp³-hybridized carbons (Fsp3) is 0.500. The van der Waals surface area contributed by atoms with Crippen LogP contribution in [0.25, 0.3) is 0 Å². The maximum absolute atomic E-state index is 10.6. The van der Waals surface area contributed by atoms with Gasteiger partial charge >= 0.3 is 12.1 Å². The number of rotatable bonds is 5. The topological polar surface area (TPSA) is 80.5 Å². The molecule has 0 spiro atoms. The number of hydrogen-bond donors (Lipinski definition) is 1. The average Bonchev–Trinajstić information content (AvgIpc) is 3.07. The van der Waals surface area contributed by atoms with Gasteiger partial charge in [-0.1, -0.05) is 35.5 Å². The van der Waals surface area contributed by atoms with Crippen molar-refractivity contribution in [3.05, 3.63) is 47.3 Å². The molecule has 0 saturated heterocycles. The molecule has 1 aliphatic heterocycles. The van der Waals surface area contributed by atoms with Gasteiger partial charge in [0.2, 0.25) is 0 Å². The summed E-state index contributed by atoms with van der Waals surface area (Å²) >= 11 is 0. The van der Waals surface area contributed by atoms with E-state index in [0.717, 1.165) is 25.2 Å². The molecule has 0 fully saturated rings. The molecule has 1 unspecified atom stereocenters. The molecule has 10 heteroatoms. The van der Waals surface area contributed by atoms with Crippen LogP contribution in [0.4, 0.5) is 13.2 Å². The van der Waals surface area contributed by atoms with Crippen LogP contribution in [0.5, 0.6) is 0 Å². The van der Waals surface area contributed by atoms with Gasteiger partial charge in [0, 0.05) is 19.5 Å². The second kappa shape index (κ2) is 9.65. The van der Waals surface area contributed by atoms with Gasteiger partial charge in [0.15, 0.2) is 0 Å². The molecule has 2 aromatic rings. The quantitative estimate of drug-likeness (QED) is 0.831. The number of fused-ring (bicyclic) bond motifs is 1. The molecule has 3 rings (SSSR count). The van der Waals surface area contributed by atoms with E-state index in [4.69, 9.17) is 14.6 Å². The first-order valence-corrected chi connectivity index (χ1v) is 8.78. The van der Waals surface area contributed by atoms with Crippen molar-refractivity contribution < 1.29 is 27.8 Å². The van der Waals surface area contributed by atoms with Gasteiger partial charge < -0.3 is 9.84 Å². The predicted molar refractivity (Wildman–Crippen MR) is 94.6 cm³/mol. The molecular formula is C18H23F3N4O3. The van der Waals surface area contributed by atoms with E-state index in [-0.39, 0.29) is 6.04 Å².